The van der Waals surface area contributed by atoms with Crippen molar-refractivity contribution in [3.8, 4) is 11.1 Å². The lowest BCUT2D eigenvalue weighted by Crippen LogP contribution is -2.26. The zero-order chi connectivity index (χ0) is 20.1. The number of rotatable bonds is 3. The molecule has 144 valence electrons. The van der Waals surface area contributed by atoms with E-state index in [2.05, 4.69) is 5.32 Å². The zero-order valence-corrected chi connectivity index (χ0v) is 15.3. The first kappa shape index (κ1) is 19.4. The molecule has 1 N–H and O–H groups in total. The van der Waals surface area contributed by atoms with Crippen molar-refractivity contribution >= 4 is 22.6 Å². The van der Waals surface area contributed by atoms with Crippen LogP contribution in [0.25, 0.3) is 22.1 Å². The van der Waals surface area contributed by atoms with Crippen LogP contribution in [0.2, 0.25) is 5.02 Å². The first-order chi connectivity index (χ1) is 12.6. The Morgan fingerprint density at radius 1 is 1.26 bits per heavy atom. The molecule has 1 unspecified atom stereocenters. The van der Waals surface area contributed by atoms with Gasteiger partial charge in [-0.05, 0) is 38.2 Å². The number of hydrogen-bond donors (Lipinski definition) is 1. The highest BCUT2D eigenvalue weighted by atomic mass is 35.5. The van der Waals surface area contributed by atoms with Gasteiger partial charge in [-0.1, -0.05) is 11.6 Å². The fourth-order valence-electron chi connectivity index (χ4n) is 2.89. The summed E-state index contributed by atoms with van der Waals surface area (Å²) in [5, 5.41) is 3.18. The number of benzene rings is 1. The number of pyridine rings is 1. The van der Waals surface area contributed by atoms with Crippen LogP contribution >= 0.6 is 11.6 Å². The van der Waals surface area contributed by atoms with Gasteiger partial charge in [-0.2, -0.15) is 13.2 Å². The van der Waals surface area contributed by atoms with Crippen LogP contribution in [-0.4, -0.2) is 11.6 Å². The monoisotopic (exact) mass is 402 g/mol. The van der Waals surface area contributed by atoms with Crippen molar-refractivity contribution in [2.45, 2.75) is 19.1 Å². The smallest absolute Gasteiger partial charge is 0.431 e. The molecule has 0 aliphatic rings. The van der Waals surface area contributed by atoms with Gasteiger partial charge in [0.15, 0.2) is 5.58 Å². The van der Waals surface area contributed by atoms with E-state index in [1.807, 2.05) is 0 Å². The number of fused-ring (bicyclic) bond motifs is 1. The molecule has 0 aliphatic carbocycles. The van der Waals surface area contributed by atoms with Crippen LogP contribution in [0.1, 0.15) is 24.4 Å². The third-order valence-corrected chi connectivity index (χ3v) is 4.73. The molecule has 3 aromatic rings. The average Bonchev–Trinajstić information content (AvgIpc) is 3.02. The second-order valence-corrected chi connectivity index (χ2v) is 6.52. The molecule has 1 atom stereocenters. The Kier molecular flexibility index (Phi) is 4.81. The predicted octanol–water partition coefficient (Wildman–Crippen LogP) is 4.89. The molecule has 0 bridgehead atoms. The van der Waals surface area contributed by atoms with Crippen molar-refractivity contribution in [3.05, 3.63) is 56.9 Å². The maximum atomic E-state index is 14.7. The van der Waals surface area contributed by atoms with Crippen molar-refractivity contribution in [1.82, 2.24) is 9.88 Å². The lowest BCUT2D eigenvalue weighted by Gasteiger charge is -2.13. The molecular weight excluding hydrogens is 388 g/mol. The van der Waals surface area contributed by atoms with E-state index >= 15 is 0 Å². The van der Waals surface area contributed by atoms with E-state index in [9.17, 15) is 22.4 Å². The molecule has 0 saturated heterocycles. The minimum Gasteiger partial charge on any atom is -0.458 e. The maximum absolute atomic E-state index is 14.7. The van der Waals surface area contributed by atoms with Crippen LogP contribution in [0.3, 0.4) is 0 Å². The number of aromatic nitrogens is 1. The van der Waals surface area contributed by atoms with E-state index < -0.39 is 23.2 Å². The number of nitrogens with zero attached hydrogens (tertiary/aromatic N) is 1. The summed E-state index contributed by atoms with van der Waals surface area (Å²) in [5.74, 6) is -0.376. The van der Waals surface area contributed by atoms with Crippen LogP contribution in [-0.2, 0) is 13.2 Å². The van der Waals surface area contributed by atoms with E-state index in [4.69, 9.17) is 16.0 Å². The Labute approximate surface area is 156 Å². The van der Waals surface area contributed by atoms with Crippen LogP contribution < -0.4 is 10.9 Å². The molecule has 27 heavy (non-hydrogen) atoms. The van der Waals surface area contributed by atoms with Gasteiger partial charge in [0.25, 0.3) is 5.56 Å². The normalized spacial score (nSPS) is 13.3. The summed E-state index contributed by atoms with van der Waals surface area (Å²) in [4.78, 5) is 12.5. The quantitative estimate of drug-likeness (QED) is 0.634. The highest BCUT2D eigenvalue weighted by molar-refractivity contribution is 6.35. The van der Waals surface area contributed by atoms with Gasteiger partial charge in [-0.15, -0.1) is 0 Å². The minimum absolute atomic E-state index is 0.00420. The van der Waals surface area contributed by atoms with Crippen molar-refractivity contribution in [1.29, 1.82) is 0 Å². The summed E-state index contributed by atoms with van der Waals surface area (Å²) in [6, 6.07) is 3.99. The highest BCUT2D eigenvalue weighted by Crippen LogP contribution is 2.38. The molecule has 2 heterocycles. The van der Waals surface area contributed by atoms with Crippen molar-refractivity contribution in [3.63, 3.8) is 0 Å². The number of alkyl halides is 3. The summed E-state index contributed by atoms with van der Waals surface area (Å²) >= 11 is 6.05. The van der Waals surface area contributed by atoms with Crippen LogP contribution in [0.4, 0.5) is 17.6 Å². The lowest BCUT2D eigenvalue weighted by molar-refractivity contribution is -0.143. The van der Waals surface area contributed by atoms with Crippen molar-refractivity contribution < 1.29 is 22.0 Å². The second kappa shape index (κ2) is 6.69. The van der Waals surface area contributed by atoms with E-state index in [1.54, 1.807) is 14.0 Å². The van der Waals surface area contributed by atoms with Gasteiger partial charge in [-0.25, -0.2) is 4.39 Å². The third kappa shape index (κ3) is 3.23. The van der Waals surface area contributed by atoms with Gasteiger partial charge >= 0.3 is 6.18 Å². The van der Waals surface area contributed by atoms with E-state index in [-0.39, 0.29) is 33.2 Å². The first-order valence-electron chi connectivity index (χ1n) is 7.92. The van der Waals surface area contributed by atoms with Gasteiger partial charge in [-0.3, -0.25) is 4.79 Å². The molecule has 4 nitrogen and oxygen atoms in total. The first-order valence-corrected chi connectivity index (χ1v) is 8.30. The Morgan fingerprint density at radius 2 is 1.93 bits per heavy atom. The summed E-state index contributed by atoms with van der Waals surface area (Å²) < 4.78 is 59.8. The zero-order valence-electron chi connectivity index (χ0n) is 14.5. The Balaban J connectivity index is 2.34. The van der Waals surface area contributed by atoms with E-state index in [1.165, 1.54) is 6.07 Å². The molecule has 1 aromatic carbocycles. The van der Waals surface area contributed by atoms with Crippen molar-refractivity contribution in [2.24, 2.45) is 7.05 Å². The molecule has 0 radical (unpaired) electrons. The molecule has 0 fully saturated rings. The molecular formula is C18H15ClF4N2O2. The molecule has 0 amide bonds. The SMILES string of the molecule is CNC(C)c1cc2c(-c3ccc(C(F)(F)F)n(C)c3=O)c(F)cc(Cl)c2o1. The van der Waals surface area contributed by atoms with E-state index in [0.29, 0.717) is 10.3 Å². The Morgan fingerprint density at radius 3 is 2.52 bits per heavy atom. The Hall–Kier alpha value is -2.32. The largest absolute Gasteiger partial charge is 0.458 e. The van der Waals surface area contributed by atoms with Gasteiger partial charge in [0.05, 0.1) is 16.6 Å². The molecule has 0 spiro atoms. The molecule has 3 rings (SSSR count). The number of nitrogens with one attached hydrogen (secondary N) is 1. The molecule has 9 heteroatoms. The molecule has 2 aromatic heterocycles. The standard InChI is InChI=1S/C18H15ClF4N2O2/c1-8(24-2)13-6-10-15(12(20)7-11(19)16(10)27-13)9-4-5-14(18(21,22)23)25(3)17(9)26/h4-8,24H,1-3H3. The predicted molar refractivity (Wildman–Crippen MR) is 94.3 cm³/mol. The fraction of sp³-hybridized carbons (Fsp3) is 0.278. The summed E-state index contributed by atoms with van der Waals surface area (Å²) in [7, 11) is 2.69. The van der Waals surface area contributed by atoms with Gasteiger partial charge in [0.2, 0.25) is 0 Å². The van der Waals surface area contributed by atoms with Gasteiger partial charge < -0.3 is 14.3 Å². The van der Waals surface area contributed by atoms with E-state index in [0.717, 1.165) is 25.2 Å². The van der Waals surface area contributed by atoms with Gasteiger partial charge in [0, 0.05) is 18.0 Å². The summed E-state index contributed by atoms with van der Waals surface area (Å²) in [6.07, 6.45) is -4.70. The van der Waals surface area contributed by atoms with Crippen LogP contribution in [0.5, 0.6) is 0 Å². The Bertz CT molecular complexity index is 1090. The topological polar surface area (TPSA) is 47.2 Å². The van der Waals surface area contributed by atoms with Crippen molar-refractivity contribution in [2.75, 3.05) is 7.05 Å². The van der Waals surface area contributed by atoms with Gasteiger partial charge in [0.1, 0.15) is 17.3 Å². The molecule has 0 saturated carbocycles. The van der Waals surface area contributed by atoms with Crippen LogP contribution in [0.15, 0.2) is 33.5 Å². The third-order valence-electron chi connectivity index (χ3n) is 4.45. The lowest BCUT2D eigenvalue weighted by atomic mass is 10.0. The highest BCUT2D eigenvalue weighted by Gasteiger charge is 2.34. The number of halogens is 5. The average molecular weight is 403 g/mol. The maximum Gasteiger partial charge on any atom is 0.431 e. The minimum atomic E-state index is -4.70. The fourth-order valence-corrected chi connectivity index (χ4v) is 3.13. The number of hydrogen-bond acceptors (Lipinski definition) is 3. The second-order valence-electron chi connectivity index (χ2n) is 6.11. The summed E-state index contributed by atoms with van der Waals surface area (Å²) in [6.45, 7) is 1.80. The summed E-state index contributed by atoms with van der Waals surface area (Å²) in [5.41, 5.74) is -2.31. The number of furan rings is 1. The molecule has 0 aliphatic heterocycles. The van der Waals surface area contributed by atoms with Crippen LogP contribution in [0, 0.1) is 5.82 Å².